The van der Waals surface area contributed by atoms with Crippen LogP contribution in [0.5, 0.6) is 0 Å². The third kappa shape index (κ3) is 23.5. The molecule has 3 rings (SSSR count). The molecule has 360 valence electrons. The fourth-order valence-electron chi connectivity index (χ4n) is 7.73. The van der Waals surface area contributed by atoms with Crippen LogP contribution in [-0.4, -0.2) is 125 Å². The zero-order chi connectivity index (χ0) is 45.8. The van der Waals surface area contributed by atoms with Gasteiger partial charge < -0.3 is 29.0 Å². The maximum absolute atomic E-state index is 13.0. The predicted molar refractivity (Wildman–Crippen MR) is 220 cm³/mol. The van der Waals surface area contributed by atoms with Crippen molar-refractivity contribution in [1.82, 2.24) is 10.0 Å². The SMILES string of the molecule is CC(C)CC(=O)O[C@H]1C[C@H]2O[C@@]3(CCCCCCC(C(CCCCCCOCC(COS(=O)(=O)O)NS(=O)(=O)O)OS(=O)(=O)O)OC(=O)CNC(=O)/C=C/CCCCC[C@H]2O3)C1. The van der Waals surface area contributed by atoms with Crippen molar-refractivity contribution < 1.29 is 85.3 Å². The van der Waals surface area contributed by atoms with E-state index in [1.807, 2.05) is 13.8 Å². The number of esters is 2. The lowest BCUT2D eigenvalue weighted by Crippen LogP contribution is -2.42. The molecule has 62 heavy (non-hydrogen) atoms. The highest BCUT2D eigenvalue weighted by atomic mass is 32.3. The molecule has 2 fully saturated rings. The van der Waals surface area contributed by atoms with E-state index < -0.39 is 86.8 Å². The molecule has 7 atom stereocenters. The van der Waals surface area contributed by atoms with E-state index in [1.165, 1.54) is 6.08 Å². The van der Waals surface area contributed by atoms with E-state index in [9.17, 15) is 44.2 Å². The van der Waals surface area contributed by atoms with Crippen LogP contribution in [-0.2, 0) is 77.5 Å². The summed E-state index contributed by atoms with van der Waals surface area (Å²) < 4.78 is 136. The Morgan fingerprint density at radius 3 is 2.29 bits per heavy atom. The van der Waals surface area contributed by atoms with Crippen LogP contribution >= 0.6 is 0 Å². The number of hydrogen-bond donors (Lipinski definition) is 5. The van der Waals surface area contributed by atoms with E-state index in [0.29, 0.717) is 77.0 Å². The van der Waals surface area contributed by atoms with E-state index >= 15 is 0 Å². The summed E-state index contributed by atoms with van der Waals surface area (Å²) in [5, 5.41) is 2.48. The number of rotatable bonds is 20. The van der Waals surface area contributed by atoms with E-state index in [-0.39, 0.29) is 49.6 Å². The van der Waals surface area contributed by atoms with Gasteiger partial charge >= 0.3 is 43.0 Å². The van der Waals surface area contributed by atoms with Crippen LogP contribution in [0.25, 0.3) is 0 Å². The monoisotopic (exact) mass is 950 g/mol. The van der Waals surface area contributed by atoms with Crippen molar-refractivity contribution in [3.8, 4) is 0 Å². The van der Waals surface area contributed by atoms with E-state index in [2.05, 4.69) is 9.50 Å². The lowest BCUT2D eigenvalue weighted by molar-refractivity contribution is -0.223. The average Bonchev–Trinajstić information content (AvgIpc) is 3.40. The van der Waals surface area contributed by atoms with E-state index in [0.717, 1.165) is 32.1 Å². The summed E-state index contributed by atoms with van der Waals surface area (Å²) in [4.78, 5) is 38.0. The minimum absolute atomic E-state index is 0.0451. The minimum atomic E-state index is -4.99. The van der Waals surface area contributed by atoms with Crippen molar-refractivity contribution in [2.75, 3.05) is 26.4 Å². The smallest absolute Gasteiger partial charge is 0.397 e. The number of carbonyl (C=O) groups excluding carboxylic acids is 3. The fourth-order valence-corrected chi connectivity index (χ4v) is 9.16. The number of unbranched alkanes of at least 4 members (excludes halogenated alkanes) is 3. The summed E-state index contributed by atoms with van der Waals surface area (Å²) in [6, 6.07) is -1.35. The Balaban J connectivity index is 1.61. The van der Waals surface area contributed by atoms with Crippen molar-refractivity contribution >= 4 is 48.9 Å². The van der Waals surface area contributed by atoms with Gasteiger partial charge in [-0.25, -0.2) is 8.37 Å². The first kappa shape index (κ1) is 54.0. The number of ether oxygens (including phenoxy) is 5. The molecule has 0 aliphatic carbocycles. The summed E-state index contributed by atoms with van der Waals surface area (Å²) in [5.41, 5.74) is 0. The molecule has 3 aliphatic rings. The third-order valence-corrected chi connectivity index (χ3v) is 12.0. The first-order chi connectivity index (χ1) is 29.1. The second-order valence-electron chi connectivity index (χ2n) is 16.5. The van der Waals surface area contributed by atoms with Gasteiger partial charge in [0.25, 0.3) is 0 Å². The highest BCUT2D eigenvalue weighted by Gasteiger charge is 2.53. The molecule has 3 bridgehead atoms. The summed E-state index contributed by atoms with van der Waals surface area (Å²) in [5.74, 6) is -2.30. The average molecular weight is 951 g/mol. The van der Waals surface area contributed by atoms with Gasteiger partial charge in [-0.15, -0.1) is 0 Å². The van der Waals surface area contributed by atoms with Crippen LogP contribution in [0.3, 0.4) is 0 Å². The zero-order valence-electron chi connectivity index (χ0n) is 35.6. The molecule has 0 aromatic carbocycles. The standard InChI is InChI=1S/C38H66N2O19S3/c1-28(2)22-36(42)55-30-23-34-32-17-11-4-3-5-13-19-35(41)39-25-37(43)56-31(16-10-6-8-14-20-38(24-30,57-32)58-34)33(59-62(50,51)52)18-12-7-9-15-21-53-26-29(40-60(44,45)46)27-54-61(47,48)49/h13,19,28-34,40H,3-12,14-18,20-27H2,1-2H3,(H,39,41)(H,44,45,46)(H,47,48,49)(H,50,51,52)/b19-13+/t29?,30-,31?,32+,33?,34+,38-/m0/s1. The molecule has 3 heterocycles. The normalized spacial score (nSPS) is 26.9. The molecular weight excluding hydrogens is 885 g/mol. The highest BCUT2D eigenvalue weighted by molar-refractivity contribution is 7.83. The number of allylic oxidation sites excluding steroid dienone is 1. The highest BCUT2D eigenvalue weighted by Crippen LogP contribution is 2.45. The van der Waals surface area contributed by atoms with Crippen molar-refractivity contribution in [2.24, 2.45) is 5.92 Å². The first-order valence-corrected chi connectivity index (χ1v) is 25.6. The lowest BCUT2D eigenvalue weighted by atomic mass is 9.93. The Morgan fingerprint density at radius 2 is 1.58 bits per heavy atom. The molecule has 0 aromatic heterocycles. The molecule has 0 aromatic rings. The molecule has 21 nitrogen and oxygen atoms in total. The molecular formula is C38H66N2O19S3. The van der Waals surface area contributed by atoms with Crippen LogP contribution in [0.1, 0.15) is 136 Å². The van der Waals surface area contributed by atoms with Crippen molar-refractivity contribution in [2.45, 2.75) is 178 Å². The Labute approximate surface area is 365 Å². The maximum atomic E-state index is 13.0. The Morgan fingerprint density at radius 1 is 0.887 bits per heavy atom. The van der Waals surface area contributed by atoms with Crippen LogP contribution in [0.2, 0.25) is 0 Å². The quantitative estimate of drug-likeness (QED) is 0.0658. The van der Waals surface area contributed by atoms with Crippen molar-refractivity contribution in [1.29, 1.82) is 0 Å². The first-order valence-electron chi connectivity index (χ1n) is 21.4. The predicted octanol–water partition coefficient (Wildman–Crippen LogP) is 3.84. The number of fused-ring (bicyclic) bond motifs is 3. The zero-order valence-corrected chi connectivity index (χ0v) is 38.0. The van der Waals surface area contributed by atoms with Gasteiger partial charge in [0.2, 0.25) is 5.91 Å². The minimum Gasteiger partial charge on any atom is -0.462 e. The van der Waals surface area contributed by atoms with Crippen LogP contribution < -0.4 is 10.0 Å². The number of carbonyl (C=O) groups is 3. The molecule has 2 saturated heterocycles. The molecule has 3 aliphatic heterocycles. The maximum Gasteiger partial charge on any atom is 0.397 e. The largest absolute Gasteiger partial charge is 0.462 e. The summed E-state index contributed by atoms with van der Waals surface area (Å²) >= 11 is 0. The third-order valence-electron chi connectivity index (χ3n) is 10.4. The second-order valence-corrected chi connectivity index (χ2v) is 19.8. The van der Waals surface area contributed by atoms with Gasteiger partial charge in [0.15, 0.2) is 5.79 Å². The molecule has 1 amide bonds. The number of hydrogen-bond acceptors (Lipinski definition) is 16. The van der Waals surface area contributed by atoms with Gasteiger partial charge in [0, 0.05) is 32.3 Å². The molecule has 0 saturated carbocycles. The number of cyclic esters (lactones) is 1. The van der Waals surface area contributed by atoms with E-state index in [1.54, 1.807) is 10.8 Å². The van der Waals surface area contributed by atoms with Gasteiger partial charge in [0.1, 0.15) is 24.9 Å². The van der Waals surface area contributed by atoms with Crippen molar-refractivity contribution in [3.63, 3.8) is 0 Å². The number of amides is 1. The topological polar surface area (TPSA) is 303 Å². The Bertz CT molecular complexity index is 1760. The van der Waals surface area contributed by atoms with Gasteiger partial charge in [-0.3, -0.25) is 28.0 Å². The van der Waals surface area contributed by atoms with Gasteiger partial charge in [-0.2, -0.15) is 30.0 Å². The molecule has 0 radical (unpaired) electrons. The van der Waals surface area contributed by atoms with Gasteiger partial charge in [-0.05, 0) is 63.4 Å². The molecule has 1 spiro atoms. The summed E-state index contributed by atoms with van der Waals surface area (Å²) in [6.45, 7) is 2.23. The number of nitrogens with one attached hydrogen (secondary N) is 2. The van der Waals surface area contributed by atoms with Crippen LogP contribution in [0, 0.1) is 5.92 Å². The van der Waals surface area contributed by atoms with E-state index in [4.69, 9.17) is 37.0 Å². The second kappa shape index (κ2) is 26.6. The van der Waals surface area contributed by atoms with Crippen molar-refractivity contribution in [3.05, 3.63) is 12.2 Å². The molecule has 3 unspecified atom stereocenters. The molecule has 24 heteroatoms. The van der Waals surface area contributed by atoms with Crippen LogP contribution in [0.15, 0.2) is 12.2 Å². The van der Waals surface area contributed by atoms with Crippen LogP contribution in [0.4, 0.5) is 0 Å². The van der Waals surface area contributed by atoms with Gasteiger partial charge in [-0.1, -0.05) is 64.9 Å². The fraction of sp³-hybridized carbons (Fsp3) is 0.868. The Kier molecular flexibility index (Phi) is 23.1. The summed E-state index contributed by atoms with van der Waals surface area (Å²) in [7, 11) is -14.6. The molecule has 5 N–H and O–H groups in total. The summed E-state index contributed by atoms with van der Waals surface area (Å²) in [6.07, 6.45) is 10.5. The van der Waals surface area contributed by atoms with Gasteiger partial charge in [0.05, 0.1) is 31.5 Å². The Hall–Kier alpha value is -2.36. The lowest BCUT2D eigenvalue weighted by Gasteiger charge is -2.36.